The van der Waals surface area contributed by atoms with Gasteiger partial charge in [0.25, 0.3) is 0 Å². The minimum Gasteiger partial charge on any atom is -0.360 e. The van der Waals surface area contributed by atoms with Crippen molar-refractivity contribution < 1.29 is 0 Å². The van der Waals surface area contributed by atoms with Crippen LogP contribution in [0.5, 0.6) is 0 Å². The second-order valence-electron chi connectivity index (χ2n) is 6.67. The van der Waals surface area contributed by atoms with E-state index in [1.165, 1.54) is 0 Å². The molecule has 5 heteroatoms. The average molecular weight is 385 g/mol. The minimum atomic E-state index is -0.0887. The van der Waals surface area contributed by atoms with E-state index in [1.54, 1.807) is 0 Å². The van der Waals surface area contributed by atoms with E-state index in [2.05, 4.69) is 51.2 Å². The quantitative estimate of drug-likeness (QED) is 0.454. The van der Waals surface area contributed by atoms with Gasteiger partial charge in [0.05, 0.1) is 17.1 Å². The number of rotatable bonds is 3. The maximum absolute atomic E-state index is 6.03. The number of nitrogens with one attached hydrogen (secondary N) is 2. The molecule has 0 aliphatic carbocycles. The molecule has 0 spiro atoms. The van der Waals surface area contributed by atoms with Gasteiger partial charge in [-0.1, -0.05) is 66.2 Å². The van der Waals surface area contributed by atoms with E-state index in [0.29, 0.717) is 5.02 Å². The van der Waals surface area contributed by atoms with E-state index in [9.17, 15) is 0 Å². The van der Waals surface area contributed by atoms with E-state index in [-0.39, 0.29) is 6.17 Å². The molecule has 4 aromatic rings. The first-order valence-corrected chi connectivity index (χ1v) is 9.47. The van der Waals surface area contributed by atoms with Crippen molar-refractivity contribution in [3.63, 3.8) is 0 Å². The van der Waals surface area contributed by atoms with Crippen LogP contribution >= 0.6 is 11.6 Å². The van der Waals surface area contributed by atoms with Crippen molar-refractivity contribution in [2.24, 2.45) is 0 Å². The Morgan fingerprint density at radius 2 is 1.32 bits per heavy atom. The molecule has 2 heterocycles. The van der Waals surface area contributed by atoms with Crippen molar-refractivity contribution in [1.29, 1.82) is 0 Å². The van der Waals surface area contributed by atoms with Crippen molar-refractivity contribution in [3.8, 4) is 22.5 Å². The fourth-order valence-electron chi connectivity index (χ4n) is 3.45. The largest absolute Gasteiger partial charge is 0.360 e. The molecule has 0 radical (unpaired) electrons. The molecule has 0 fully saturated rings. The molecule has 0 saturated heterocycles. The number of halogens is 1. The summed E-state index contributed by atoms with van der Waals surface area (Å²) in [5.41, 5.74) is 6.89. The highest BCUT2D eigenvalue weighted by Gasteiger charge is 2.25. The summed E-state index contributed by atoms with van der Waals surface area (Å²) in [4.78, 5) is 0. The zero-order chi connectivity index (χ0) is 18.9. The van der Waals surface area contributed by atoms with Gasteiger partial charge < -0.3 is 10.6 Å². The number of fused-ring (bicyclic) bond motifs is 1. The highest BCUT2D eigenvalue weighted by molar-refractivity contribution is 6.30. The van der Waals surface area contributed by atoms with Crippen molar-refractivity contribution in [1.82, 2.24) is 10.2 Å². The molecule has 2 N–H and O–H groups in total. The molecule has 28 heavy (non-hydrogen) atoms. The number of aromatic nitrogens is 2. The van der Waals surface area contributed by atoms with Gasteiger partial charge in [0.15, 0.2) is 0 Å². The first-order valence-electron chi connectivity index (χ1n) is 9.09. The Morgan fingerprint density at radius 3 is 2.00 bits per heavy atom. The Hall–Kier alpha value is -3.37. The molecular formula is C23H17ClN4. The highest BCUT2D eigenvalue weighted by atomic mass is 35.5. The lowest BCUT2D eigenvalue weighted by molar-refractivity contribution is 0.907. The topological polar surface area (TPSA) is 49.8 Å². The Labute approximate surface area is 168 Å². The zero-order valence-electron chi connectivity index (χ0n) is 14.9. The van der Waals surface area contributed by atoms with E-state index in [1.807, 2.05) is 54.6 Å². The third kappa shape index (κ3) is 3.08. The number of nitrogens with zero attached hydrogens (tertiary/aromatic N) is 2. The molecule has 1 aromatic heterocycles. The third-order valence-corrected chi connectivity index (χ3v) is 5.10. The predicted octanol–water partition coefficient (Wildman–Crippen LogP) is 6.00. The van der Waals surface area contributed by atoms with Gasteiger partial charge >= 0.3 is 0 Å². The second-order valence-corrected chi connectivity index (χ2v) is 7.11. The number of hydrogen-bond acceptors (Lipinski definition) is 4. The van der Waals surface area contributed by atoms with Crippen molar-refractivity contribution in [2.45, 2.75) is 6.17 Å². The molecule has 3 aromatic carbocycles. The van der Waals surface area contributed by atoms with Crippen LogP contribution in [0.3, 0.4) is 0 Å². The molecule has 5 rings (SSSR count). The molecule has 0 unspecified atom stereocenters. The monoisotopic (exact) mass is 384 g/mol. The summed E-state index contributed by atoms with van der Waals surface area (Å²) in [6.07, 6.45) is -0.0887. The van der Waals surface area contributed by atoms with Gasteiger partial charge in [-0.2, -0.15) is 0 Å². The van der Waals surface area contributed by atoms with Crippen LogP contribution in [-0.2, 0) is 0 Å². The van der Waals surface area contributed by atoms with E-state index in [0.717, 1.165) is 39.5 Å². The van der Waals surface area contributed by atoms with Gasteiger partial charge in [0, 0.05) is 21.7 Å². The predicted molar refractivity (Wildman–Crippen MR) is 114 cm³/mol. The molecule has 1 aliphatic heterocycles. The van der Waals surface area contributed by atoms with Crippen molar-refractivity contribution >= 4 is 23.0 Å². The standard InChI is InChI=1S/C23H17ClN4/c24-17-12-10-15(11-13-17)21-14-18(22(28-27-21)16-6-2-1-3-7-16)23-25-19-8-4-5-9-20(19)26-23/h1-14,23,25-26H. The summed E-state index contributed by atoms with van der Waals surface area (Å²) < 4.78 is 0. The van der Waals surface area contributed by atoms with Crippen LogP contribution in [0.2, 0.25) is 5.02 Å². The summed E-state index contributed by atoms with van der Waals surface area (Å²) in [6, 6.07) is 28.1. The van der Waals surface area contributed by atoms with Crippen molar-refractivity contribution in [3.05, 3.63) is 95.5 Å². The van der Waals surface area contributed by atoms with E-state index < -0.39 is 0 Å². The summed E-state index contributed by atoms with van der Waals surface area (Å²) in [5, 5.41) is 16.9. The van der Waals surface area contributed by atoms with Crippen LogP contribution in [0, 0.1) is 0 Å². The molecule has 1 aliphatic rings. The molecule has 136 valence electrons. The molecule has 4 nitrogen and oxygen atoms in total. The Bertz CT molecular complexity index is 1100. The molecule has 0 bridgehead atoms. The average Bonchev–Trinajstić information content (AvgIpc) is 3.19. The first kappa shape index (κ1) is 16.8. The lowest BCUT2D eigenvalue weighted by Crippen LogP contribution is -2.15. The number of anilines is 2. The lowest BCUT2D eigenvalue weighted by Gasteiger charge is -2.17. The molecule has 0 saturated carbocycles. The summed E-state index contributed by atoms with van der Waals surface area (Å²) in [6.45, 7) is 0. The van der Waals surface area contributed by atoms with Crippen LogP contribution in [0.1, 0.15) is 11.7 Å². The van der Waals surface area contributed by atoms with Crippen LogP contribution in [-0.4, -0.2) is 10.2 Å². The number of para-hydroxylation sites is 2. The Kier molecular flexibility index (Phi) is 4.18. The maximum atomic E-state index is 6.03. The smallest absolute Gasteiger partial charge is 0.125 e. The number of hydrogen-bond donors (Lipinski definition) is 2. The summed E-state index contributed by atoms with van der Waals surface area (Å²) in [7, 11) is 0. The maximum Gasteiger partial charge on any atom is 0.125 e. The van der Waals surface area contributed by atoms with E-state index in [4.69, 9.17) is 11.6 Å². The SMILES string of the molecule is Clc1ccc(-c2cc(C3Nc4ccccc4N3)c(-c3ccccc3)nn2)cc1. The van der Waals surface area contributed by atoms with Gasteiger partial charge in [0.1, 0.15) is 11.9 Å². The minimum absolute atomic E-state index is 0.0887. The normalized spacial score (nSPS) is 12.9. The zero-order valence-corrected chi connectivity index (χ0v) is 15.7. The van der Waals surface area contributed by atoms with Crippen molar-refractivity contribution in [2.75, 3.05) is 10.6 Å². The highest BCUT2D eigenvalue weighted by Crippen LogP contribution is 2.38. The Balaban J connectivity index is 1.62. The molecule has 0 amide bonds. The first-order chi connectivity index (χ1) is 13.8. The van der Waals surface area contributed by atoms with Gasteiger partial charge in [-0.15, -0.1) is 10.2 Å². The Morgan fingerprint density at radius 1 is 0.679 bits per heavy atom. The van der Waals surface area contributed by atoms with Gasteiger partial charge in [0.2, 0.25) is 0 Å². The second kappa shape index (κ2) is 6.98. The van der Waals surface area contributed by atoms with Crippen LogP contribution < -0.4 is 10.6 Å². The summed E-state index contributed by atoms with van der Waals surface area (Å²) >= 11 is 6.03. The van der Waals surface area contributed by atoms with Crippen LogP contribution in [0.4, 0.5) is 11.4 Å². The van der Waals surface area contributed by atoms with Gasteiger partial charge in [-0.3, -0.25) is 0 Å². The fourth-order valence-corrected chi connectivity index (χ4v) is 3.57. The molecular weight excluding hydrogens is 368 g/mol. The summed E-state index contributed by atoms with van der Waals surface area (Å²) in [5.74, 6) is 0. The number of benzene rings is 3. The lowest BCUT2D eigenvalue weighted by atomic mass is 10.0. The van der Waals surface area contributed by atoms with Gasteiger partial charge in [-0.25, -0.2) is 0 Å². The fraction of sp³-hybridized carbons (Fsp3) is 0.0435. The molecule has 0 atom stereocenters. The third-order valence-electron chi connectivity index (χ3n) is 4.85. The van der Waals surface area contributed by atoms with Crippen LogP contribution in [0.25, 0.3) is 22.5 Å². The van der Waals surface area contributed by atoms with Gasteiger partial charge in [-0.05, 0) is 30.3 Å². The van der Waals surface area contributed by atoms with Crippen LogP contribution in [0.15, 0.2) is 84.9 Å². The van der Waals surface area contributed by atoms with E-state index >= 15 is 0 Å².